The Labute approximate surface area is 176 Å². The number of fused-ring (bicyclic) bond motifs is 1. The van der Waals surface area contributed by atoms with Crippen molar-refractivity contribution >= 4 is 8.32 Å². The molecule has 0 radical (unpaired) electrons. The Morgan fingerprint density at radius 3 is 1.76 bits per heavy atom. The highest BCUT2D eigenvalue weighted by Crippen LogP contribution is 2.57. The van der Waals surface area contributed by atoms with E-state index >= 15 is 0 Å². The summed E-state index contributed by atoms with van der Waals surface area (Å²) in [5.41, 5.74) is 1.28. The molecule has 3 nitrogen and oxygen atoms in total. The van der Waals surface area contributed by atoms with Gasteiger partial charge in [0.1, 0.15) is 23.9 Å². The average Bonchev–Trinajstić information content (AvgIpc) is 2.84. The maximum atomic E-state index is 6.87. The molecular formula is C25H34O3Si. The standard InChI is InChI=1S/C25H34O3Si/c1-23(2,3)29(6,7)28-21-20-22(27-24(21,4)5)25(26-20,18-14-10-8-11-15-18)19-16-12-9-13-17-19/h8-17,20-22H,1-7H3/t20-,21-,22+/m1/s1. The zero-order chi connectivity index (χ0) is 21.1. The molecule has 0 bridgehead atoms. The first-order chi connectivity index (χ1) is 13.5. The van der Waals surface area contributed by atoms with E-state index in [1.807, 2.05) is 12.1 Å². The summed E-state index contributed by atoms with van der Waals surface area (Å²) in [6.45, 7) is 15.7. The van der Waals surface area contributed by atoms with E-state index in [0.29, 0.717) is 0 Å². The molecule has 156 valence electrons. The molecule has 0 amide bonds. The number of hydrogen-bond donors (Lipinski definition) is 0. The molecular weight excluding hydrogens is 376 g/mol. The topological polar surface area (TPSA) is 27.7 Å². The summed E-state index contributed by atoms with van der Waals surface area (Å²) >= 11 is 0. The summed E-state index contributed by atoms with van der Waals surface area (Å²) in [4.78, 5) is 0. The maximum Gasteiger partial charge on any atom is 0.192 e. The van der Waals surface area contributed by atoms with Gasteiger partial charge in [-0.1, -0.05) is 81.4 Å². The summed E-state index contributed by atoms with van der Waals surface area (Å²) in [5.74, 6) is 0. The van der Waals surface area contributed by atoms with Gasteiger partial charge in [0.15, 0.2) is 8.32 Å². The quantitative estimate of drug-likeness (QED) is 0.588. The minimum Gasteiger partial charge on any atom is -0.408 e. The average molecular weight is 411 g/mol. The Bertz CT molecular complexity index is 815. The van der Waals surface area contributed by atoms with Gasteiger partial charge in [-0.25, -0.2) is 0 Å². The highest BCUT2D eigenvalue weighted by Gasteiger charge is 2.69. The van der Waals surface area contributed by atoms with E-state index in [1.54, 1.807) is 0 Å². The normalized spacial score (nSPS) is 27.9. The molecule has 4 rings (SSSR count). The van der Waals surface area contributed by atoms with Crippen LogP contribution in [0.15, 0.2) is 60.7 Å². The Morgan fingerprint density at radius 1 is 0.828 bits per heavy atom. The van der Waals surface area contributed by atoms with Crippen molar-refractivity contribution in [2.45, 2.75) is 82.3 Å². The number of hydrogen-bond acceptors (Lipinski definition) is 3. The van der Waals surface area contributed by atoms with Crippen LogP contribution in [-0.2, 0) is 19.5 Å². The van der Waals surface area contributed by atoms with Crippen LogP contribution in [0.1, 0.15) is 45.7 Å². The fraction of sp³-hybridized carbons (Fsp3) is 0.520. The largest absolute Gasteiger partial charge is 0.408 e. The van der Waals surface area contributed by atoms with E-state index in [9.17, 15) is 0 Å². The van der Waals surface area contributed by atoms with Crippen molar-refractivity contribution in [1.82, 2.24) is 0 Å². The molecule has 0 spiro atoms. The Kier molecular flexibility index (Phi) is 4.86. The van der Waals surface area contributed by atoms with Crippen LogP contribution < -0.4 is 0 Å². The molecule has 0 saturated carbocycles. The van der Waals surface area contributed by atoms with Gasteiger partial charge >= 0.3 is 0 Å². The van der Waals surface area contributed by atoms with Crippen LogP contribution in [0.2, 0.25) is 18.1 Å². The third-order valence-electron chi connectivity index (χ3n) is 7.07. The zero-order valence-corrected chi connectivity index (χ0v) is 19.7. The van der Waals surface area contributed by atoms with Crippen LogP contribution in [0.3, 0.4) is 0 Å². The lowest BCUT2D eigenvalue weighted by atomic mass is 9.74. The van der Waals surface area contributed by atoms with Gasteiger partial charge in [-0.15, -0.1) is 0 Å². The summed E-state index contributed by atoms with van der Waals surface area (Å²) in [6.07, 6.45) is -0.217. The molecule has 0 unspecified atom stereocenters. The molecule has 2 aromatic carbocycles. The second kappa shape index (κ2) is 6.78. The van der Waals surface area contributed by atoms with Crippen LogP contribution >= 0.6 is 0 Å². The first kappa shape index (κ1) is 20.8. The number of benzene rings is 2. The van der Waals surface area contributed by atoms with E-state index in [2.05, 4.69) is 96.2 Å². The van der Waals surface area contributed by atoms with Crippen LogP contribution in [0.5, 0.6) is 0 Å². The molecule has 0 N–H and O–H groups in total. The molecule has 29 heavy (non-hydrogen) atoms. The van der Waals surface area contributed by atoms with Crippen molar-refractivity contribution in [2.75, 3.05) is 0 Å². The predicted molar refractivity (Wildman–Crippen MR) is 120 cm³/mol. The van der Waals surface area contributed by atoms with Gasteiger partial charge in [0.2, 0.25) is 0 Å². The van der Waals surface area contributed by atoms with E-state index in [4.69, 9.17) is 13.9 Å². The SMILES string of the molecule is CC1(C)O[C@H]2[C@H](OC2(c2ccccc2)c2ccccc2)[C@H]1O[Si](C)(C)C(C)(C)C. The lowest BCUT2D eigenvalue weighted by Crippen LogP contribution is -2.64. The Morgan fingerprint density at radius 2 is 1.31 bits per heavy atom. The van der Waals surface area contributed by atoms with Gasteiger partial charge in [0.05, 0.1) is 5.60 Å². The zero-order valence-electron chi connectivity index (χ0n) is 18.7. The Balaban J connectivity index is 1.73. The fourth-order valence-electron chi connectivity index (χ4n) is 4.37. The van der Waals surface area contributed by atoms with Crippen molar-refractivity contribution < 1.29 is 13.9 Å². The van der Waals surface area contributed by atoms with Crippen molar-refractivity contribution in [1.29, 1.82) is 0 Å². The van der Waals surface area contributed by atoms with E-state index in [0.717, 1.165) is 11.1 Å². The molecule has 2 heterocycles. The van der Waals surface area contributed by atoms with Crippen molar-refractivity contribution in [3.05, 3.63) is 71.8 Å². The second-order valence-electron chi connectivity index (χ2n) is 10.5. The van der Waals surface area contributed by atoms with Gasteiger partial charge in [-0.05, 0) is 43.1 Å². The van der Waals surface area contributed by atoms with Gasteiger partial charge in [-0.3, -0.25) is 0 Å². The van der Waals surface area contributed by atoms with Crippen molar-refractivity contribution in [2.24, 2.45) is 0 Å². The van der Waals surface area contributed by atoms with Crippen molar-refractivity contribution in [3.63, 3.8) is 0 Å². The first-order valence-corrected chi connectivity index (χ1v) is 13.5. The molecule has 2 aliphatic heterocycles. The third-order valence-corrected chi connectivity index (χ3v) is 11.5. The van der Waals surface area contributed by atoms with Crippen LogP contribution in [0.25, 0.3) is 0 Å². The fourth-order valence-corrected chi connectivity index (χ4v) is 5.78. The van der Waals surface area contributed by atoms with Crippen LogP contribution in [-0.4, -0.2) is 32.2 Å². The Hall–Kier alpha value is -1.46. The molecule has 0 aliphatic carbocycles. The molecule has 4 heteroatoms. The minimum atomic E-state index is -1.96. The van der Waals surface area contributed by atoms with Gasteiger partial charge in [0, 0.05) is 0 Å². The minimum absolute atomic E-state index is 0.0699. The molecule has 2 aliphatic rings. The summed E-state index contributed by atoms with van der Waals surface area (Å²) in [5, 5.41) is 0.140. The summed E-state index contributed by atoms with van der Waals surface area (Å²) in [7, 11) is -1.96. The molecule has 0 aromatic heterocycles. The molecule has 2 saturated heterocycles. The summed E-state index contributed by atoms with van der Waals surface area (Å²) in [6, 6.07) is 20.9. The smallest absolute Gasteiger partial charge is 0.192 e. The third kappa shape index (κ3) is 3.21. The van der Waals surface area contributed by atoms with Crippen LogP contribution in [0.4, 0.5) is 0 Å². The highest BCUT2D eigenvalue weighted by atomic mass is 28.4. The monoisotopic (exact) mass is 410 g/mol. The van der Waals surface area contributed by atoms with E-state index < -0.39 is 19.5 Å². The first-order valence-electron chi connectivity index (χ1n) is 10.6. The van der Waals surface area contributed by atoms with Gasteiger partial charge in [0.25, 0.3) is 0 Å². The predicted octanol–water partition coefficient (Wildman–Crippen LogP) is 5.90. The van der Waals surface area contributed by atoms with E-state index in [-0.39, 0.29) is 23.4 Å². The lowest BCUT2D eigenvalue weighted by Gasteiger charge is -2.53. The highest BCUT2D eigenvalue weighted by molar-refractivity contribution is 6.74. The molecule has 3 atom stereocenters. The van der Waals surface area contributed by atoms with Crippen LogP contribution in [0, 0.1) is 0 Å². The van der Waals surface area contributed by atoms with Crippen molar-refractivity contribution in [3.8, 4) is 0 Å². The number of rotatable bonds is 4. The lowest BCUT2D eigenvalue weighted by molar-refractivity contribution is -0.269. The molecule has 2 aromatic rings. The van der Waals surface area contributed by atoms with Gasteiger partial charge < -0.3 is 13.9 Å². The maximum absolute atomic E-state index is 6.87. The number of ether oxygens (including phenoxy) is 2. The van der Waals surface area contributed by atoms with E-state index in [1.165, 1.54) is 0 Å². The molecule has 2 fully saturated rings. The second-order valence-corrected chi connectivity index (χ2v) is 15.2. The van der Waals surface area contributed by atoms with Gasteiger partial charge in [-0.2, -0.15) is 0 Å². The summed E-state index contributed by atoms with van der Waals surface area (Å²) < 4.78 is 20.4.